The molecule has 1 fully saturated rings. The second kappa shape index (κ2) is 5.36. The molecule has 17 heavy (non-hydrogen) atoms. The number of nitrogens with one attached hydrogen (secondary N) is 2. The summed E-state index contributed by atoms with van der Waals surface area (Å²) in [6.07, 6.45) is 3.28. The zero-order chi connectivity index (χ0) is 12.3. The number of benzene rings is 1. The van der Waals surface area contributed by atoms with Crippen molar-refractivity contribution >= 4 is 17.6 Å². The van der Waals surface area contributed by atoms with Gasteiger partial charge in [-0.2, -0.15) is 0 Å². The third-order valence-electron chi connectivity index (χ3n) is 2.88. The van der Waals surface area contributed by atoms with Gasteiger partial charge in [0.2, 0.25) is 0 Å². The molecular formula is C12H14ClFN2O. The summed E-state index contributed by atoms with van der Waals surface area (Å²) in [5, 5.41) is 5.64. The molecule has 2 amide bonds. The van der Waals surface area contributed by atoms with E-state index in [1.54, 1.807) is 6.07 Å². The molecule has 0 atom stereocenters. The Morgan fingerprint density at radius 1 is 1.47 bits per heavy atom. The van der Waals surface area contributed by atoms with Crippen LogP contribution in [-0.4, -0.2) is 12.1 Å². The first-order chi connectivity index (χ1) is 8.15. The molecule has 0 spiro atoms. The average Bonchev–Trinajstić information content (AvgIpc) is 2.25. The molecule has 0 bridgehead atoms. The molecule has 1 saturated carbocycles. The number of carbonyl (C=O) groups is 1. The first kappa shape index (κ1) is 12.2. The smallest absolute Gasteiger partial charge is 0.315 e. The fourth-order valence-electron chi connectivity index (χ4n) is 1.62. The maximum atomic E-state index is 12.9. The van der Waals surface area contributed by atoms with Crippen molar-refractivity contribution in [1.29, 1.82) is 0 Å². The number of hydrogen-bond donors (Lipinski definition) is 2. The van der Waals surface area contributed by atoms with E-state index < -0.39 is 5.82 Å². The van der Waals surface area contributed by atoms with Gasteiger partial charge in [0.15, 0.2) is 0 Å². The van der Waals surface area contributed by atoms with E-state index in [2.05, 4.69) is 10.6 Å². The summed E-state index contributed by atoms with van der Waals surface area (Å²) in [6, 6.07) is 4.54. The Bertz CT molecular complexity index is 421. The zero-order valence-corrected chi connectivity index (χ0v) is 10.1. The highest BCUT2D eigenvalue weighted by Crippen LogP contribution is 2.18. The highest BCUT2D eigenvalue weighted by molar-refractivity contribution is 6.30. The Kier molecular flexibility index (Phi) is 3.84. The minimum atomic E-state index is -0.450. The van der Waals surface area contributed by atoms with Crippen LogP contribution in [0.1, 0.15) is 24.8 Å². The van der Waals surface area contributed by atoms with Crippen LogP contribution in [0.25, 0.3) is 0 Å². The van der Waals surface area contributed by atoms with Crippen molar-refractivity contribution in [2.45, 2.75) is 31.8 Å². The molecule has 2 rings (SSSR count). The summed E-state index contributed by atoms with van der Waals surface area (Å²) >= 11 is 5.64. The van der Waals surface area contributed by atoms with Gasteiger partial charge in [0.1, 0.15) is 5.82 Å². The van der Waals surface area contributed by atoms with Crippen molar-refractivity contribution in [2.24, 2.45) is 0 Å². The zero-order valence-electron chi connectivity index (χ0n) is 9.30. The quantitative estimate of drug-likeness (QED) is 0.858. The molecule has 1 aliphatic carbocycles. The highest BCUT2D eigenvalue weighted by Gasteiger charge is 2.18. The van der Waals surface area contributed by atoms with Gasteiger partial charge in [0.05, 0.1) is 5.02 Å². The fraction of sp³-hybridized carbons (Fsp3) is 0.417. The summed E-state index contributed by atoms with van der Waals surface area (Å²) in [5.74, 6) is -0.450. The predicted octanol–water partition coefficient (Wildman–Crippen LogP) is 2.83. The number of halogens is 2. The van der Waals surface area contributed by atoms with Gasteiger partial charge in [0, 0.05) is 12.6 Å². The predicted molar refractivity (Wildman–Crippen MR) is 64.4 cm³/mol. The number of urea groups is 1. The monoisotopic (exact) mass is 256 g/mol. The summed E-state index contributed by atoms with van der Waals surface area (Å²) in [7, 11) is 0. The molecule has 1 aliphatic rings. The van der Waals surface area contributed by atoms with Crippen LogP contribution in [0, 0.1) is 5.82 Å². The minimum absolute atomic E-state index is 0.0729. The standard InChI is InChI=1S/C12H14ClFN2O/c13-10-6-8(4-5-11(10)14)7-15-12(17)16-9-2-1-3-9/h4-6,9H,1-3,7H2,(H2,15,16,17). The van der Waals surface area contributed by atoms with Crippen molar-refractivity contribution in [1.82, 2.24) is 10.6 Å². The molecule has 0 unspecified atom stereocenters. The van der Waals surface area contributed by atoms with Crippen LogP contribution < -0.4 is 10.6 Å². The molecule has 5 heteroatoms. The van der Waals surface area contributed by atoms with Crippen molar-refractivity contribution < 1.29 is 9.18 Å². The van der Waals surface area contributed by atoms with Gasteiger partial charge in [-0.1, -0.05) is 17.7 Å². The van der Waals surface area contributed by atoms with Gasteiger partial charge in [-0.3, -0.25) is 0 Å². The SMILES string of the molecule is O=C(NCc1ccc(F)c(Cl)c1)NC1CCC1. The lowest BCUT2D eigenvalue weighted by molar-refractivity contribution is 0.228. The van der Waals surface area contributed by atoms with E-state index in [0.29, 0.717) is 12.6 Å². The molecular weight excluding hydrogens is 243 g/mol. The molecule has 3 nitrogen and oxygen atoms in total. The van der Waals surface area contributed by atoms with Gasteiger partial charge in [0.25, 0.3) is 0 Å². The number of rotatable bonds is 3. The van der Waals surface area contributed by atoms with E-state index in [9.17, 15) is 9.18 Å². The lowest BCUT2D eigenvalue weighted by Crippen LogP contribution is -2.44. The first-order valence-electron chi connectivity index (χ1n) is 5.63. The molecule has 1 aromatic rings. The Balaban J connectivity index is 1.80. The Morgan fingerprint density at radius 3 is 2.82 bits per heavy atom. The molecule has 92 valence electrons. The summed E-state index contributed by atoms with van der Waals surface area (Å²) in [4.78, 5) is 11.4. The van der Waals surface area contributed by atoms with E-state index in [4.69, 9.17) is 11.6 Å². The molecule has 0 aromatic heterocycles. The summed E-state index contributed by atoms with van der Waals surface area (Å²) in [6.45, 7) is 0.346. The van der Waals surface area contributed by atoms with E-state index in [-0.39, 0.29) is 11.1 Å². The second-order valence-electron chi connectivity index (χ2n) is 4.20. The molecule has 0 saturated heterocycles. The molecule has 0 aliphatic heterocycles. The summed E-state index contributed by atoms with van der Waals surface area (Å²) < 4.78 is 12.9. The lowest BCUT2D eigenvalue weighted by atomic mass is 9.93. The minimum Gasteiger partial charge on any atom is -0.335 e. The third-order valence-corrected chi connectivity index (χ3v) is 3.17. The van der Waals surface area contributed by atoms with E-state index in [0.717, 1.165) is 18.4 Å². The fourth-order valence-corrected chi connectivity index (χ4v) is 1.82. The number of hydrogen-bond acceptors (Lipinski definition) is 1. The largest absolute Gasteiger partial charge is 0.335 e. The number of amides is 2. The van der Waals surface area contributed by atoms with E-state index in [1.165, 1.54) is 18.6 Å². The first-order valence-corrected chi connectivity index (χ1v) is 6.01. The van der Waals surface area contributed by atoms with Gasteiger partial charge >= 0.3 is 6.03 Å². The Labute approximate surface area is 104 Å². The topological polar surface area (TPSA) is 41.1 Å². The van der Waals surface area contributed by atoms with Gasteiger partial charge in [-0.25, -0.2) is 9.18 Å². The third kappa shape index (κ3) is 3.33. The number of carbonyl (C=O) groups excluding carboxylic acids is 1. The second-order valence-corrected chi connectivity index (χ2v) is 4.61. The van der Waals surface area contributed by atoms with Crippen molar-refractivity contribution in [3.8, 4) is 0 Å². The van der Waals surface area contributed by atoms with Crippen LogP contribution in [0.15, 0.2) is 18.2 Å². The van der Waals surface area contributed by atoms with E-state index in [1.807, 2.05) is 0 Å². The van der Waals surface area contributed by atoms with Crippen LogP contribution >= 0.6 is 11.6 Å². The van der Waals surface area contributed by atoms with Crippen LogP contribution in [-0.2, 0) is 6.54 Å². The highest BCUT2D eigenvalue weighted by atomic mass is 35.5. The van der Waals surface area contributed by atoms with E-state index >= 15 is 0 Å². The van der Waals surface area contributed by atoms with Gasteiger partial charge < -0.3 is 10.6 Å². The summed E-state index contributed by atoms with van der Waals surface area (Å²) in [5.41, 5.74) is 0.778. The van der Waals surface area contributed by atoms with Crippen LogP contribution in [0.2, 0.25) is 5.02 Å². The van der Waals surface area contributed by atoms with Gasteiger partial charge in [-0.15, -0.1) is 0 Å². The Hall–Kier alpha value is -1.29. The van der Waals surface area contributed by atoms with Crippen molar-refractivity contribution in [2.75, 3.05) is 0 Å². The van der Waals surface area contributed by atoms with Crippen molar-refractivity contribution in [3.05, 3.63) is 34.6 Å². The maximum absolute atomic E-state index is 12.9. The molecule has 0 heterocycles. The van der Waals surface area contributed by atoms with Crippen LogP contribution in [0.5, 0.6) is 0 Å². The molecule has 1 aromatic carbocycles. The van der Waals surface area contributed by atoms with Crippen LogP contribution in [0.4, 0.5) is 9.18 Å². The normalized spacial score (nSPS) is 15.2. The average molecular weight is 257 g/mol. The lowest BCUT2D eigenvalue weighted by Gasteiger charge is -2.26. The van der Waals surface area contributed by atoms with Gasteiger partial charge in [-0.05, 0) is 37.0 Å². The molecule has 0 radical (unpaired) electrons. The molecule has 2 N–H and O–H groups in total. The maximum Gasteiger partial charge on any atom is 0.315 e. The van der Waals surface area contributed by atoms with Crippen molar-refractivity contribution in [3.63, 3.8) is 0 Å². The van der Waals surface area contributed by atoms with Crippen LogP contribution in [0.3, 0.4) is 0 Å². The Morgan fingerprint density at radius 2 is 2.24 bits per heavy atom.